The van der Waals surface area contributed by atoms with Crippen LogP contribution in [-0.2, 0) is 15.9 Å². The van der Waals surface area contributed by atoms with Crippen LogP contribution in [0.15, 0.2) is 34.9 Å². The first-order chi connectivity index (χ1) is 9.81. The lowest BCUT2D eigenvalue weighted by Gasteiger charge is -2.05. The van der Waals surface area contributed by atoms with Crippen molar-refractivity contribution >= 4 is 0 Å². The zero-order chi connectivity index (χ0) is 14.2. The maximum atomic E-state index is 6.08. The van der Waals surface area contributed by atoms with Gasteiger partial charge in [0.25, 0.3) is 0 Å². The number of nitrogens with zero attached hydrogens (tertiary/aromatic N) is 2. The smallest absolute Gasteiger partial charge is 0.248 e. The number of aromatic nitrogens is 2. The lowest BCUT2D eigenvalue weighted by Crippen LogP contribution is -2.12. The van der Waals surface area contributed by atoms with E-state index in [1.54, 1.807) is 7.11 Å². The van der Waals surface area contributed by atoms with Crippen molar-refractivity contribution in [3.63, 3.8) is 0 Å². The highest BCUT2D eigenvalue weighted by Gasteiger charge is 2.16. The molecule has 6 heteroatoms. The van der Waals surface area contributed by atoms with Gasteiger partial charge in [-0.2, -0.15) is 4.98 Å². The third-order valence-electron chi connectivity index (χ3n) is 2.81. The van der Waals surface area contributed by atoms with Gasteiger partial charge in [-0.3, -0.25) is 0 Å². The average molecular weight is 277 g/mol. The van der Waals surface area contributed by atoms with Gasteiger partial charge >= 0.3 is 0 Å². The molecule has 1 atom stereocenters. The van der Waals surface area contributed by atoms with Crippen molar-refractivity contribution in [1.82, 2.24) is 10.1 Å². The molecule has 0 unspecified atom stereocenters. The monoisotopic (exact) mass is 277 g/mol. The van der Waals surface area contributed by atoms with Crippen LogP contribution >= 0.6 is 0 Å². The molecule has 0 bridgehead atoms. The Morgan fingerprint density at radius 1 is 1.20 bits per heavy atom. The van der Waals surface area contributed by atoms with E-state index in [1.165, 1.54) is 0 Å². The second-order valence-corrected chi connectivity index (χ2v) is 4.29. The maximum absolute atomic E-state index is 6.08. The molecule has 0 amide bonds. The van der Waals surface area contributed by atoms with Crippen LogP contribution in [0.3, 0.4) is 0 Å². The number of hydrogen-bond acceptors (Lipinski definition) is 6. The molecule has 6 nitrogen and oxygen atoms in total. The first-order valence-corrected chi connectivity index (χ1v) is 6.51. The Balaban J connectivity index is 1.85. The van der Waals surface area contributed by atoms with Crippen LogP contribution in [0.25, 0.3) is 0 Å². The molecule has 0 aliphatic heterocycles. The molecule has 2 aromatic rings. The number of rotatable bonds is 8. The van der Waals surface area contributed by atoms with E-state index in [0.29, 0.717) is 38.0 Å². The molecule has 2 rings (SSSR count). The Labute approximate surface area is 117 Å². The minimum atomic E-state index is -0.396. The van der Waals surface area contributed by atoms with E-state index in [0.717, 1.165) is 5.56 Å². The standard InChI is InChI=1S/C14H19N3O3/c1-18-9-10-19-8-7-12-16-14(20-17-12)13(15)11-5-3-2-4-6-11/h2-6,13H,7-10,15H2,1H3/t13-/m0/s1. The predicted octanol–water partition coefficient (Wildman–Crippen LogP) is 1.32. The van der Waals surface area contributed by atoms with Crippen LogP contribution in [0.1, 0.15) is 23.3 Å². The van der Waals surface area contributed by atoms with Crippen molar-refractivity contribution in [2.24, 2.45) is 5.73 Å². The molecular weight excluding hydrogens is 258 g/mol. The van der Waals surface area contributed by atoms with E-state index in [2.05, 4.69) is 10.1 Å². The molecule has 1 heterocycles. The van der Waals surface area contributed by atoms with Gasteiger partial charge in [0.1, 0.15) is 6.04 Å². The molecule has 108 valence electrons. The van der Waals surface area contributed by atoms with E-state index in [4.69, 9.17) is 19.7 Å². The fourth-order valence-corrected chi connectivity index (χ4v) is 1.71. The van der Waals surface area contributed by atoms with Crippen molar-refractivity contribution in [3.05, 3.63) is 47.6 Å². The summed E-state index contributed by atoms with van der Waals surface area (Å²) in [7, 11) is 1.64. The number of nitrogens with two attached hydrogens (primary N) is 1. The lowest BCUT2D eigenvalue weighted by molar-refractivity contribution is 0.0714. The number of ether oxygens (including phenoxy) is 2. The Bertz CT molecular complexity index is 501. The largest absolute Gasteiger partial charge is 0.382 e. The SMILES string of the molecule is COCCOCCc1noc([C@@H](N)c2ccccc2)n1. The molecule has 0 saturated carbocycles. The van der Waals surface area contributed by atoms with E-state index < -0.39 is 6.04 Å². The minimum Gasteiger partial charge on any atom is -0.382 e. The van der Waals surface area contributed by atoms with Gasteiger partial charge in [0, 0.05) is 13.5 Å². The Kier molecular flexibility index (Phi) is 5.67. The Hall–Kier alpha value is -1.76. The Morgan fingerprint density at radius 3 is 2.75 bits per heavy atom. The fraction of sp³-hybridized carbons (Fsp3) is 0.429. The summed E-state index contributed by atoms with van der Waals surface area (Å²) in [6.45, 7) is 1.67. The normalized spacial score (nSPS) is 12.5. The molecule has 0 aliphatic carbocycles. The topological polar surface area (TPSA) is 83.4 Å². The molecule has 0 aliphatic rings. The molecule has 0 radical (unpaired) electrons. The molecule has 0 saturated heterocycles. The zero-order valence-corrected chi connectivity index (χ0v) is 11.5. The molecule has 0 spiro atoms. The van der Waals surface area contributed by atoms with Gasteiger partial charge in [0.2, 0.25) is 5.89 Å². The van der Waals surface area contributed by atoms with Crippen LogP contribution < -0.4 is 5.73 Å². The molecule has 20 heavy (non-hydrogen) atoms. The van der Waals surface area contributed by atoms with Crippen molar-refractivity contribution in [1.29, 1.82) is 0 Å². The summed E-state index contributed by atoms with van der Waals surface area (Å²) in [5.41, 5.74) is 7.02. The summed E-state index contributed by atoms with van der Waals surface area (Å²) in [4.78, 5) is 4.29. The van der Waals surface area contributed by atoms with Gasteiger partial charge in [-0.25, -0.2) is 0 Å². The highest BCUT2D eigenvalue weighted by atomic mass is 16.5. The maximum Gasteiger partial charge on any atom is 0.248 e. The molecular formula is C14H19N3O3. The van der Waals surface area contributed by atoms with E-state index in [-0.39, 0.29) is 0 Å². The van der Waals surface area contributed by atoms with Gasteiger partial charge in [0.05, 0.1) is 19.8 Å². The number of methoxy groups -OCH3 is 1. The molecule has 1 aromatic heterocycles. The quantitative estimate of drug-likeness (QED) is 0.733. The summed E-state index contributed by atoms with van der Waals surface area (Å²) < 4.78 is 15.4. The van der Waals surface area contributed by atoms with Gasteiger partial charge in [-0.15, -0.1) is 0 Å². The van der Waals surface area contributed by atoms with E-state index >= 15 is 0 Å². The van der Waals surface area contributed by atoms with Crippen molar-refractivity contribution in [2.45, 2.75) is 12.5 Å². The second kappa shape index (κ2) is 7.74. The van der Waals surface area contributed by atoms with Gasteiger partial charge in [-0.05, 0) is 5.56 Å². The summed E-state index contributed by atoms with van der Waals surface area (Å²) in [5, 5.41) is 3.90. The summed E-state index contributed by atoms with van der Waals surface area (Å²) in [5.74, 6) is 1.02. The third kappa shape index (κ3) is 4.12. The summed E-state index contributed by atoms with van der Waals surface area (Å²) in [6, 6.07) is 9.26. The molecule has 2 N–H and O–H groups in total. The van der Waals surface area contributed by atoms with Crippen LogP contribution in [0, 0.1) is 0 Å². The summed E-state index contributed by atoms with van der Waals surface area (Å²) in [6.07, 6.45) is 0.592. The number of hydrogen-bond donors (Lipinski definition) is 1. The van der Waals surface area contributed by atoms with Gasteiger partial charge in [-0.1, -0.05) is 35.5 Å². The highest BCUT2D eigenvalue weighted by molar-refractivity contribution is 5.22. The second-order valence-electron chi connectivity index (χ2n) is 4.29. The molecule has 0 fully saturated rings. The third-order valence-corrected chi connectivity index (χ3v) is 2.81. The minimum absolute atomic E-state index is 0.396. The zero-order valence-electron chi connectivity index (χ0n) is 11.5. The van der Waals surface area contributed by atoms with Crippen molar-refractivity contribution in [3.8, 4) is 0 Å². The Morgan fingerprint density at radius 2 is 2.00 bits per heavy atom. The van der Waals surface area contributed by atoms with Crippen LogP contribution in [-0.4, -0.2) is 37.1 Å². The van der Waals surface area contributed by atoms with Crippen LogP contribution in [0.5, 0.6) is 0 Å². The van der Waals surface area contributed by atoms with E-state index in [9.17, 15) is 0 Å². The van der Waals surface area contributed by atoms with Gasteiger partial charge < -0.3 is 19.7 Å². The molecule has 1 aromatic carbocycles. The van der Waals surface area contributed by atoms with Gasteiger partial charge in [0.15, 0.2) is 5.82 Å². The lowest BCUT2D eigenvalue weighted by atomic mass is 10.1. The highest BCUT2D eigenvalue weighted by Crippen LogP contribution is 2.17. The predicted molar refractivity (Wildman–Crippen MR) is 73.2 cm³/mol. The van der Waals surface area contributed by atoms with Crippen LogP contribution in [0.4, 0.5) is 0 Å². The first-order valence-electron chi connectivity index (χ1n) is 6.51. The summed E-state index contributed by atoms with van der Waals surface area (Å²) >= 11 is 0. The average Bonchev–Trinajstić information content (AvgIpc) is 2.96. The number of benzene rings is 1. The first kappa shape index (κ1) is 14.6. The van der Waals surface area contributed by atoms with Crippen LogP contribution in [0.2, 0.25) is 0 Å². The van der Waals surface area contributed by atoms with E-state index in [1.807, 2.05) is 30.3 Å². The van der Waals surface area contributed by atoms with Crippen molar-refractivity contribution in [2.75, 3.05) is 26.9 Å². The van der Waals surface area contributed by atoms with Crippen molar-refractivity contribution < 1.29 is 14.0 Å². The fourth-order valence-electron chi connectivity index (χ4n) is 1.71.